The van der Waals surface area contributed by atoms with Crippen LogP contribution in [0.4, 0.5) is 0 Å². The first-order valence-electron chi connectivity index (χ1n) is 24.6. The summed E-state index contributed by atoms with van der Waals surface area (Å²) >= 11 is 0. The maximum absolute atomic E-state index is 13.0. The molecule has 2 saturated heterocycles. The van der Waals surface area contributed by atoms with E-state index in [1.807, 2.05) is 0 Å². The van der Waals surface area contributed by atoms with E-state index in [1.54, 1.807) is 0 Å². The molecule has 0 aromatic heterocycles. The number of ether oxygens (including phenoxy) is 6. The molecule has 2 heterocycles. The van der Waals surface area contributed by atoms with Gasteiger partial charge < -0.3 is 64.2 Å². The number of hydrogen-bond donors (Lipinski definition) is 7. The number of hydrogen-bond acceptors (Lipinski definition) is 15. The van der Waals surface area contributed by atoms with Gasteiger partial charge in [-0.05, 0) is 44.9 Å². The van der Waals surface area contributed by atoms with Crippen molar-refractivity contribution in [1.29, 1.82) is 0 Å². The van der Waals surface area contributed by atoms with E-state index in [9.17, 15) is 45.3 Å². The highest BCUT2D eigenvalue weighted by atomic mass is 16.7. The summed E-state index contributed by atoms with van der Waals surface area (Å²) in [5.74, 6) is -0.943. The lowest BCUT2D eigenvalue weighted by atomic mass is 9.98. The van der Waals surface area contributed by atoms with Crippen molar-refractivity contribution < 1.29 is 73.8 Å². The Morgan fingerprint density at radius 2 is 0.984 bits per heavy atom. The second-order valence-corrected chi connectivity index (χ2v) is 17.3. The number of carbonyl (C=O) groups excluding carboxylic acids is 2. The summed E-state index contributed by atoms with van der Waals surface area (Å²) in [4.78, 5) is 25.7. The normalized spacial score (nSPS) is 26.9. The molecule has 0 bridgehead atoms. The van der Waals surface area contributed by atoms with E-state index in [4.69, 9.17) is 28.4 Å². The van der Waals surface area contributed by atoms with Gasteiger partial charge in [-0.25, -0.2) is 0 Å². The zero-order valence-electron chi connectivity index (χ0n) is 39.0. The molecule has 372 valence electrons. The monoisotopic (exact) mass is 915 g/mol. The highest BCUT2D eigenvalue weighted by Crippen LogP contribution is 2.26. The largest absolute Gasteiger partial charge is 0.462 e. The predicted molar refractivity (Wildman–Crippen MR) is 243 cm³/mol. The number of aliphatic hydroxyl groups excluding tert-OH is 7. The molecule has 2 aliphatic rings. The lowest BCUT2D eigenvalue weighted by Gasteiger charge is -2.42. The van der Waals surface area contributed by atoms with Crippen molar-refractivity contribution in [2.24, 2.45) is 0 Å². The molecule has 64 heavy (non-hydrogen) atoms. The maximum Gasteiger partial charge on any atom is 0.306 e. The van der Waals surface area contributed by atoms with Crippen LogP contribution in [0.25, 0.3) is 0 Å². The molecule has 2 rings (SSSR count). The average Bonchev–Trinajstić information content (AvgIpc) is 3.29. The number of unbranched alkanes of at least 4 members (excludes halogenated alkanes) is 17. The van der Waals surface area contributed by atoms with Crippen molar-refractivity contribution in [2.45, 2.75) is 235 Å². The van der Waals surface area contributed by atoms with Gasteiger partial charge >= 0.3 is 11.9 Å². The van der Waals surface area contributed by atoms with E-state index >= 15 is 0 Å². The van der Waals surface area contributed by atoms with Crippen LogP contribution in [0.3, 0.4) is 0 Å². The van der Waals surface area contributed by atoms with Crippen molar-refractivity contribution in [3.8, 4) is 0 Å². The van der Waals surface area contributed by atoms with Gasteiger partial charge in [-0.2, -0.15) is 0 Å². The Kier molecular flexibility index (Phi) is 33.3. The Labute approximate surface area is 383 Å². The van der Waals surface area contributed by atoms with Crippen LogP contribution in [0.1, 0.15) is 168 Å². The fraction of sp³-hybridized carbons (Fsp3) is 0.837. The summed E-state index contributed by atoms with van der Waals surface area (Å²) < 4.78 is 33.5. The lowest BCUT2D eigenvalue weighted by Crippen LogP contribution is -2.61. The third kappa shape index (κ3) is 25.0. The summed E-state index contributed by atoms with van der Waals surface area (Å²) in [6.07, 6.45) is 20.3. The molecule has 0 aromatic rings. The lowest BCUT2D eigenvalue weighted by molar-refractivity contribution is -0.332. The number of esters is 2. The van der Waals surface area contributed by atoms with Gasteiger partial charge in [0.15, 0.2) is 18.7 Å². The summed E-state index contributed by atoms with van der Waals surface area (Å²) in [7, 11) is 0. The van der Waals surface area contributed by atoms with E-state index in [2.05, 4.69) is 50.3 Å². The van der Waals surface area contributed by atoms with Crippen molar-refractivity contribution in [3.63, 3.8) is 0 Å². The molecule has 0 radical (unpaired) electrons. The van der Waals surface area contributed by atoms with Gasteiger partial charge in [0, 0.05) is 12.8 Å². The van der Waals surface area contributed by atoms with Gasteiger partial charge in [0.05, 0.1) is 19.8 Å². The van der Waals surface area contributed by atoms with Crippen LogP contribution >= 0.6 is 0 Å². The Hall–Kier alpha value is -2.28. The molecule has 2 fully saturated rings. The van der Waals surface area contributed by atoms with E-state index in [1.165, 1.54) is 57.8 Å². The predicted octanol–water partition coefficient (Wildman–Crippen LogP) is 6.15. The number of aliphatic hydroxyl groups is 7. The quantitative estimate of drug-likeness (QED) is 0.0211. The zero-order valence-corrected chi connectivity index (χ0v) is 39.0. The minimum atomic E-state index is -1.77. The number of rotatable bonds is 37. The first kappa shape index (κ1) is 57.8. The van der Waals surface area contributed by atoms with Gasteiger partial charge in [-0.15, -0.1) is 0 Å². The second-order valence-electron chi connectivity index (χ2n) is 17.3. The smallest absolute Gasteiger partial charge is 0.306 e. The van der Waals surface area contributed by atoms with E-state index in [0.717, 1.165) is 70.6 Å². The van der Waals surface area contributed by atoms with Crippen molar-refractivity contribution in [1.82, 2.24) is 0 Å². The minimum Gasteiger partial charge on any atom is -0.462 e. The Morgan fingerprint density at radius 3 is 1.55 bits per heavy atom. The van der Waals surface area contributed by atoms with Gasteiger partial charge in [-0.3, -0.25) is 9.59 Å². The van der Waals surface area contributed by atoms with Crippen LogP contribution in [-0.2, 0) is 38.0 Å². The molecule has 11 atom stereocenters. The summed E-state index contributed by atoms with van der Waals surface area (Å²) in [5.41, 5.74) is 0. The van der Waals surface area contributed by atoms with E-state index in [0.29, 0.717) is 12.8 Å². The Bertz CT molecular complexity index is 1260. The van der Waals surface area contributed by atoms with Gasteiger partial charge in [-0.1, -0.05) is 147 Å². The van der Waals surface area contributed by atoms with E-state index < -0.39 is 92.7 Å². The average molecular weight is 915 g/mol. The van der Waals surface area contributed by atoms with Gasteiger partial charge in [0.2, 0.25) is 0 Å². The number of allylic oxidation sites excluding steroid dienone is 6. The van der Waals surface area contributed by atoms with Crippen LogP contribution in [0.5, 0.6) is 0 Å². The molecule has 0 aliphatic carbocycles. The topological polar surface area (TPSA) is 231 Å². The molecular formula is C49H86O15. The molecule has 0 aromatic carbocycles. The summed E-state index contributed by atoms with van der Waals surface area (Å²) in [5, 5.41) is 72.0. The Morgan fingerprint density at radius 1 is 0.516 bits per heavy atom. The highest BCUT2D eigenvalue weighted by Gasteiger charge is 2.47. The second kappa shape index (κ2) is 36.8. The van der Waals surface area contributed by atoms with Crippen molar-refractivity contribution >= 4 is 11.9 Å². The molecule has 1 unspecified atom stereocenters. The van der Waals surface area contributed by atoms with Crippen LogP contribution in [0.15, 0.2) is 36.5 Å². The van der Waals surface area contributed by atoms with Crippen LogP contribution < -0.4 is 0 Å². The molecular weight excluding hydrogens is 829 g/mol. The third-order valence-electron chi connectivity index (χ3n) is 11.6. The van der Waals surface area contributed by atoms with Crippen LogP contribution in [-0.4, -0.2) is 142 Å². The first-order valence-corrected chi connectivity index (χ1v) is 24.6. The molecule has 2 aliphatic heterocycles. The van der Waals surface area contributed by atoms with Gasteiger partial charge in [0.1, 0.15) is 55.4 Å². The van der Waals surface area contributed by atoms with Crippen LogP contribution in [0, 0.1) is 0 Å². The maximum atomic E-state index is 13.0. The SMILES string of the molecule is CC/C=C\C/C=C\C/C=C\CCCCCCCC(=O)OC(COC(=O)CCCCCCCCCCCCCCC)CO[C@@H]1O[C@H](CO[C@H]2O[C@H](CO)[C@H](O)[C@H](O)[C@H]2O)[C@H](O)[C@H](O)[C@H]1O. The molecule has 7 N–H and O–H groups in total. The minimum absolute atomic E-state index is 0.147. The van der Waals surface area contributed by atoms with Crippen LogP contribution in [0.2, 0.25) is 0 Å². The Balaban J connectivity index is 1.84. The van der Waals surface area contributed by atoms with Crippen molar-refractivity contribution in [2.75, 3.05) is 26.4 Å². The number of carbonyl (C=O) groups is 2. The molecule has 15 nitrogen and oxygen atoms in total. The molecule has 0 amide bonds. The molecule has 0 spiro atoms. The molecule has 15 heteroatoms. The summed E-state index contributed by atoms with van der Waals surface area (Å²) in [6, 6.07) is 0. The third-order valence-corrected chi connectivity index (χ3v) is 11.6. The van der Waals surface area contributed by atoms with E-state index in [-0.39, 0.29) is 26.1 Å². The van der Waals surface area contributed by atoms with Gasteiger partial charge in [0.25, 0.3) is 0 Å². The summed E-state index contributed by atoms with van der Waals surface area (Å²) in [6.45, 7) is 2.45. The molecule has 0 saturated carbocycles. The first-order chi connectivity index (χ1) is 31.0. The van der Waals surface area contributed by atoms with Crippen molar-refractivity contribution in [3.05, 3.63) is 36.5 Å². The zero-order chi connectivity index (χ0) is 46.8. The fourth-order valence-corrected chi connectivity index (χ4v) is 7.58. The highest BCUT2D eigenvalue weighted by molar-refractivity contribution is 5.70. The fourth-order valence-electron chi connectivity index (χ4n) is 7.58. The standard InChI is InChI=1S/C49H86O15/c1-3-5-7-9-11-13-15-17-18-20-22-24-26-28-30-32-41(52)62-37(34-59-40(51)31-29-27-25-23-21-19-16-14-12-10-8-6-4-2)35-60-48-47(58)45(56)43(54)39(64-48)36-61-49-46(57)44(55)42(53)38(33-50)63-49/h5,7,11,13,17-18,37-39,42-50,53-58H,3-4,6,8-10,12,14-16,19-36H2,1-2H3/b7-5-,13-11-,18-17-/t37?,38-,39-,42+,43+,44+,45+,46-,47-,48-,49+/m1/s1.